The van der Waals surface area contributed by atoms with Crippen LogP contribution in [0.5, 0.6) is 11.5 Å². The number of carbonyl (C=O) groups excluding carboxylic acids is 1. The fourth-order valence-electron chi connectivity index (χ4n) is 2.27. The van der Waals surface area contributed by atoms with Crippen molar-refractivity contribution in [1.29, 1.82) is 0 Å². The predicted octanol–water partition coefficient (Wildman–Crippen LogP) is 3.39. The lowest BCUT2D eigenvalue weighted by atomic mass is 10.2. The van der Waals surface area contributed by atoms with Gasteiger partial charge in [0, 0.05) is 12.1 Å². The highest BCUT2D eigenvalue weighted by atomic mass is 19.1. The lowest BCUT2D eigenvalue weighted by molar-refractivity contribution is 0.0424. The summed E-state index contributed by atoms with van der Waals surface area (Å²) in [5.74, 6) is -1.52. The number of nitrogens with zero attached hydrogens (tertiary/aromatic N) is 2. The quantitative estimate of drug-likeness (QED) is 0.610. The van der Waals surface area contributed by atoms with Crippen molar-refractivity contribution in [2.45, 2.75) is 6.61 Å². The van der Waals surface area contributed by atoms with E-state index in [2.05, 4.69) is 10.1 Å². The summed E-state index contributed by atoms with van der Waals surface area (Å²) in [7, 11) is 3.01. The maximum atomic E-state index is 13.6. The summed E-state index contributed by atoms with van der Waals surface area (Å²) in [5, 5.41) is 3.81. The Morgan fingerprint density at radius 3 is 2.63 bits per heavy atom. The van der Waals surface area contributed by atoms with Crippen LogP contribution in [-0.4, -0.2) is 30.3 Å². The Labute approximate surface area is 152 Å². The van der Waals surface area contributed by atoms with Gasteiger partial charge in [-0.2, -0.15) is 4.98 Å². The number of hydrogen-bond acceptors (Lipinski definition) is 7. The van der Waals surface area contributed by atoms with Crippen molar-refractivity contribution in [3.05, 3.63) is 59.5 Å². The minimum Gasteiger partial charge on any atom is -0.497 e. The van der Waals surface area contributed by atoms with Crippen LogP contribution in [0.15, 0.2) is 40.9 Å². The molecular formula is C18H14F2N2O5. The molecule has 0 saturated carbocycles. The summed E-state index contributed by atoms with van der Waals surface area (Å²) in [6, 6.07) is 7.59. The molecule has 0 aliphatic carbocycles. The monoisotopic (exact) mass is 376 g/mol. The second kappa shape index (κ2) is 7.81. The molecule has 0 bridgehead atoms. The molecule has 0 atom stereocenters. The third-order valence-electron chi connectivity index (χ3n) is 3.60. The molecule has 0 saturated heterocycles. The number of carbonyl (C=O) groups is 1. The summed E-state index contributed by atoms with van der Waals surface area (Å²) in [4.78, 5) is 16.0. The number of hydrogen-bond donors (Lipinski definition) is 0. The first-order valence-corrected chi connectivity index (χ1v) is 7.69. The molecule has 3 rings (SSSR count). The van der Waals surface area contributed by atoms with Crippen LogP contribution in [0.2, 0.25) is 0 Å². The Hall–Kier alpha value is -3.49. The number of ether oxygens (including phenoxy) is 3. The van der Waals surface area contributed by atoms with Crippen molar-refractivity contribution in [3.63, 3.8) is 0 Å². The highest BCUT2D eigenvalue weighted by Crippen LogP contribution is 2.31. The van der Waals surface area contributed by atoms with Crippen LogP contribution < -0.4 is 9.47 Å². The molecule has 0 fully saturated rings. The van der Waals surface area contributed by atoms with Crippen molar-refractivity contribution in [2.75, 3.05) is 14.2 Å². The van der Waals surface area contributed by atoms with Gasteiger partial charge in [-0.3, -0.25) is 0 Å². The lowest BCUT2D eigenvalue weighted by Crippen LogP contribution is -2.08. The Balaban J connectivity index is 1.72. The van der Waals surface area contributed by atoms with Gasteiger partial charge < -0.3 is 18.7 Å². The summed E-state index contributed by atoms with van der Waals surface area (Å²) in [6.07, 6.45) is 0. The van der Waals surface area contributed by atoms with Crippen LogP contribution in [0, 0.1) is 11.6 Å². The zero-order valence-corrected chi connectivity index (χ0v) is 14.4. The Morgan fingerprint density at radius 1 is 1.11 bits per heavy atom. The van der Waals surface area contributed by atoms with Crippen LogP contribution in [0.3, 0.4) is 0 Å². The number of esters is 1. The lowest BCUT2D eigenvalue weighted by Gasteiger charge is -2.07. The van der Waals surface area contributed by atoms with E-state index in [0.29, 0.717) is 23.1 Å². The molecule has 0 amide bonds. The number of halogens is 2. The van der Waals surface area contributed by atoms with E-state index in [9.17, 15) is 13.6 Å². The van der Waals surface area contributed by atoms with E-state index in [1.54, 1.807) is 18.2 Å². The van der Waals surface area contributed by atoms with Crippen LogP contribution in [0.25, 0.3) is 11.4 Å². The molecule has 0 spiro atoms. The highest BCUT2D eigenvalue weighted by molar-refractivity contribution is 5.89. The van der Waals surface area contributed by atoms with E-state index in [1.165, 1.54) is 14.2 Å². The Kier molecular flexibility index (Phi) is 5.30. The minimum atomic E-state index is -1.02. The third-order valence-corrected chi connectivity index (χ3v) is 3.60. The molecule has 1 heterocycles. The molecule has 0 radical (unpaired) electrons. The van der Waals surface area contributed by atoms with Crippen molar-refractivity contribution < 1.29 is 32.3 Å². The van der Waals surface area contributed by atoms with Crippen molar-refractivity contribution in [2.24, 2.45) is 0 Å². The first-order valence-electron chi connectivity index (χ1n) is 7.69. The third kappa shape index (κ3) is 4.02. The fraction of sp³-hybridized carbons (Fsp3) is 0.167. The molecule has 0 aliphatic rings. The molecule has 0 aliphatic heterocycles. The van der Waals surface area contributed by atoms with E-state index in [0.717, 1.165) is 12.1 Å². The first-order chi connectivity index (χ1) is 13.0. The molecule has 9 heteroatoms. The molecule has 0 unspecified atom stereocenters. The van der Waals surface area contributed by atoms with Gasteiger partial charge in [0.15, 0.2) is 6.61 Å². The van der Waals surface area contributed by atoms with Gasteiger partial charge >= 0.3 is 5.97 Å². The van der Waals surface area contributed by atoms with Gasteiger partial charge in [0.1, 0.15) is 23.1 Å². The average Bonchev–Trinajstić information content (AvgIpc) is 3.14. The van der Waals surface area contributed by atoms with Gasteiger partial charge in [0.05, 0.1) is 25.3 Å². The predicted molar refractivity (Wildman–Crippen MR) is 88.3 cm³/mol. The molecule has 140 valence electrons. The first kappa shape index (κ1) is 18.3. The van der Waals surface area contributed by atoms with Crippen LogP contribution in [0.4, 0.5) is 8.78 Å². The van der Waals surface area contributed by atoms with Crippen LogP contribution >= 0.6 is 0 Å². The highest BCUT2D eigenvalue weighted by Gasteiger charge is 2.18. The molecular weight excluding hydrogens is 362 g/mol. The average molecular weight is 376 g/mol. The fourth-order valence-corrected chi connectivity index (χ4v) is 2.27. The van der Waals surface area contributed by atoms with E-state index >= 15 is 0 Å². The summed E-state index contributed by atoms with van der Waals surface area (Å²) in [6.45, 7) is -0.374. The van der Waals surface area contributed by atoms with E-state index in [1.807, 2.05) is 0 Å². The second-order valence-corrected chi connectivity index (χ2v) is 5.28. The van der Waals surface area contributed by atoms with Gasteiger partial charge in [-0.1, -0.05) is 5.16 Å². The summed E-state index contributed by atoms with van der Waals surface area (Å²) < 4.78 is 46.8. The molecule has 3 aromatic rings. The maximum absolute atomic E-state index is 13.6. The normalized spacial score (nSPS) is 10.5. The largest absolute Gasteiger partial charge is 0.497 e. The molecule has 1 aromatic heterocycles. The van der Waals surface area contributed by atoms with Gasteiger partial charge in [-0.25, -0.2) is 13.6 Å². The zero-order valence-electron chi connectivity index (χ0n) is 14.4. The van der Waals surface area contributed by atoms with Gasteiger partial charge in [-0.15, -0.1) is 0 Å². The molecule has 27 heavy (non-hydrogen) atoms. The van der Waals surface area contributed by atoms with Gasteiger partial charge in [0.25, 0.3) is 5.89 Å². The van der Waals surface area contributed by atoms with E-state index < -0.39 is 23.2 Å². The van der Waals surface area contributed by atoms with Crippen molar-refractivity contribution >= 4 is 5.97 Å². The standard InChI is InChI=1S/C18H14F2N2O5/c1-24-11-4-6-13(15(8-11)25-2)17-21-16(27-22-17)9-26-18(23)12-5-3-10(19)7-14(12)20/h3-8H,9H2,1-2H3. The topological polar surface area (TPSA) is 83.7 Å². The Morgan fingerprint density at radius 2 is 1.93 bits per heavy atom. The number of rotatable bonds is 6. The van der Waals surface area contributed by atoms with Crippen LogP contribution in [0.1, 0.15) is 16.2 Å². The second-order valence-electron chi connectivity index (χ2n) is 5.28. The summed E-state index contributed by atoms with van der Waals surface area (Å²) >= 11 is 0. The summed E-state index contributed by atoms with van der Waals surface area (Å²) in [5.41, 5.74) is 0.150. The number of benzene rings is 2. The number of aromatic nitrogens is 2. The Bertz CT molecular complexity index is 974. The molecule has 0 N–H and O–H groups in total. The number of methoxy groups -OCH3 is 2. The molecule has 2 aromatic carbocycles. The van der Waals surface area contributed by atoms with E-state index in [4.69, 9.17) is 18.7 Å². The van der Waals surface area contributed by atoms with Gasteiger partial charge in [0.2, 0.25) is 5.82 Å². The van der Waals surface area contributed by atoms with E-state index in [-0.39, 0.29) is 18.3 Å². The smallest absolute Gasteiger partial charge is 0.341 e. The SMILES string of the molecule is COc1ccc(-c2noc(COC(=O)c3ccc(F)cc3F)n2)c(OC)c1. The van der Waals surface area contributed by atoms with Crippen LogP contribution in [-0.2, 0) is 11.3 Å². The maximum Gasteiger partial charge on any atom is 0.341 e. The van der Waals surface area contributed by atoms with Gasteiger partial charge in [-0.05, 0) is 24.3 Å². The minimum absolute atomic E-state index is 0.00117. The zero-order chi connectivity index (χ0) is 19.4. The van der Waals surface area contributed by atoms with Crippen molar-refractivity contribution in [1.82, 2.24) is 10.1 Å². The molecule has 7 nitrogen and oxygen atoms in total. The van der Waals surface area contributed by atoms with Crippen molar-refractivity contribution in [3.8, 4) is 22.9 Å².